The number of ether oxygens (including phenoxy) is 2. The molecule has 1 aromatic heterocycles. The lowest BCUT2D eigenvalue weighted by molar-refractivity contribution is -0.158. The molecule has 1 saturated heterocycles. The third-order valence-corrected chi connectivity index (χ3v) is 6.27. The molecule has 0 radical (unpaired) electrons. The normalized spacial score (nSPS) is 32.0. The van der Waals surface area contributed by atoms with Gasteiger partial charge in [-0.1, -0.05) is 24.3 Å². The summed E-state index contributed by atoms with van der Waals surface area (Å²) in [6.07, 6.45) is 4.32. The molecule has 1 saturated carbocycles. The molecular weight excluding hydrogens is 368 g/mol. The number of rotatable bonds is 5. The monoisotopic (exact) mass is 396 g/mol. The number of anilines is 2. The zero-order valence-electron chi connectivity index (χ0n) is 16.8. The predicted octanol–water partition coefficient (Wildman–Crippen LogP) is 2.89. The maximum absolute atomic E-state index is 9.75. The Balaban J connectivity index is 1.30. The van der Waals surface area contributed by atoms with E-state index in [0.717, 1.165) is 30.9 Å². The minimum Gasteiger partial charge on any atom is -0.396 e. The van der Waals surface area contributed by atoms with Crippen molar-refractivity contribution >= 4 is 11.6 Å². The zero-order chi connectivity index (χ0) is 20.0. The van der Waals surface area contributed by atoms with E-state index in [1.54, 1.807) is 6.33 Å². The third kappa shape index (κ3) is 3.58. The highest BCUT2D eigenvalue weighted by Gasteiger charge is 2.53. The standard InChI is InChI=1S/C22H28N4O3/c1-22(2)28-20-14(11-27)9-17(21(20)29-22)26-19-10-18(23-12-24-19)25-16-8-7-13-5-3-4-6-15(13)16/h3-6,10,12,14,16-17,20-21,27H,7-9,11H2,1-2H3,(H2,23,24,25,26)/t14?,16-,17?,20?,21?/m0/s1. The summed E-state index contributed by atoms with van der Waals surface area (Å²) in [7, 11) is 0. The van der Waals surface area contributed by atoms with Gasteiger partial charge in [-0.15, -0.1) is 0 Å². The zero-order valence-corrected chi connectivity index (χ0v) is 16.8. The van der Waals surface area contributed by atoms with Crippen molar-refractivity contribution in [1.82, 2.24) is 9.97 Å². The first-order valence-corrected chi connectivity index (χ1v) is 10.4. The fraction of sp³-hybridized carbons (Fsp3) is 0.545. The van der Waals surface area contributed by atoms with Crippen LogP contribution in [0.3, 0.4) is 0 Å². The van der Waals surface area contributed by atoms with Gasteiger partial charge < -0.3 is 25.2 Å². The number of hydrogen-bond donors (Lipinski definition) is 3. The number of aliphatic hydroxyl groups excluding tert-OH is 1. The van der Waals surface area contributed by atoms with Crippen molar-refractivity contribution in [2.24, 2.45) is 5.92 Å². The van der Waals surface area contributed by atoms with Crippen molar-refractivity contribution in [3.05, 3.63) is 47.8 Å². The Morgan fingerprint density at radius 1 is 1.10 bits per heavy atom. The molecule has 2 heterocycles. The summed E-state index contributed by atoms with van der Waals surface area (Å²) in [6.45, 7) is 3.93. The van der Waals surface area contributed by atoms with Crippen LogP contribution in [0.15, 0.2) is 36.7 Å². The average molecular weight is 396 g/mol. The fourth-order valence-electron chi connectivity index (χ4n) is 5.00. The first kappa shape index (κ1) is 18.8. The molecule has 5 rings (SSSR count). The molecule has 154 valence electrons. The van der Waals surface area contributed by atoms with Gasteiger partial charge in [0.25, 0.3) is 0 Å². The average Bonchev–Trinajstić information content (AvgIpc) is 3.34. The number of nitrogens with one attached hydrogen (secondary N) is 2. The minimum atomic E-state index is -0.628. The quantitative estimate of drug-likeness (QED) is 0.716. The molecule has 2 aromatic rings. The molecular formula is C22H28N4O3. The Labute approximate surface area is 170 Å². The number of hydrogen-bond acceptors (Lipinski definition) is 7. The molecule has 5 atom stereocenters. The maximum Gasteiger partial charge on any atom is 0.163 e. The summed E-state index contributed by atoms with van der Waals surface area (Å²) >= 11 is 0. The number of nitrogens with zero attached hydrogens (tertiary/aromatic N) is 2. The molecule has 2 aliphatic carbocycles. The van der Waals surface area contributed by atoms with Crippen molar-refractivity contribution in [3.63, 3.8) is 0 Å². The second-order valence-corrected chi connectivity index (χ2v) is 8.72. The fourth-order valence-corrected chi connectivity index (χ4v) is 5.00. The Morgan fingerprint density at radius 2 is 1.86 bits per heavy atom. The summed E-state index contributed by atoms with van der Waals surface area (Å²) in [4.78, 5) is 8.81. The van der Waals surface area contributed by atoms with E-state index < -0.39 is 5.79 Å². The van der Waals surface area contributed by atoms with Crippen LogP contribution in [0.2, 0.25) is 0 Å². The van der Waals surface area contributed by atoms with Crippen molar-refractivity contribution in [2.45, 2.75) is 63.2 Å². The third-order valence-electron chi connectivity index (χ3n) is 6.27. The Bertz CT molecular complexity index is 890. The highest BCUT2D eigenvalue weighted by atomic mass is 16.8. The molecule has 1 aliphatic heterocycles. The van der Waals surface area contributed by atoms with E-state index in [-0.39, 0.29) is 36.8 Å². The molecule has 0 spiro atoms. The SMILES string of the molecule is CC1(C)OC2C(CO)CC(Nc3cc(N[C@H]4CCc5ccccc54)ncn3)C2O1. The first-order chi connectivity index (χ1) is 14.0. The van der Waals surface area contributed by atoms with Gasteiger partial charge >= 0.3 is 0 Å². The van der Waals surface area contributed by atoms with Crippen molar-refractivity contribution in [2.75, 3.05) is 17.2 Å². The largest absolute Gasteiger partial charge is 0.396 e. The van der Waals surface area contributed by atoms with Crippen molar-refractivity contribution in [3.8, 4) is 0 Å². The molecule has 3 aliphatic rings. The lowest BCUT2D eigenvalue weighted by Gasteiger charge is -2.24. The van der Waals surface area contributed by atoms with Crippen LogP contribution in [-0.2, 0) is 15.9 Å². The van der Waals surface area contributed by atoms with Gasteiger partial charge in [-0.3, -0.25) is 0 Å². The van der Waals surface area contributed by atoms with Gasteiger partial charge in [0.15, 0.2) is 5.79 Å². The van der Waals surface area contributed by atoms with E-state index in [1.807, 2.05) is 19.9 Å². The molecule has 1 aromatic carbocycles. The van der Waals surface area contributed by atoms with Crippen LogP contribution < -0.4 is 10.6 Å². The number of aryl methyl sites for hydroxylation is 1. The molecule has 29 heavy (non-hydrogen) atoms. The van der Waals surface area contributed by atoms with Gasteiger partial charge in [0.1, 0.15) is 24.1 Å². The van der Waals surface area contributed by atoms with E-state index in [2.05, 4.69) is 44.9 Å². The van der Waals surface area contributed by atoms with Gasteiger partial charge in [-0.05, 0) is 44.2 Å². The number of aromatic nitrogens is 2. The van der Waals surface area contributed by atoms with E-state index >= 15 is 0 Å². The van der Waals surface area contributed by atoms with E-state index in [1.165, 1.54) is 11.1 Å². The highest BCUT2D eigenvalue weighted by Crippen LogP contribution is 2.42. The van der Waals surface area contributed by atoms with Gasteiger partial charge in [0.2, 0.25) is 0 Å². The van der Waals surface area contributed by atoms with E-state index in [4.69, 9.17) is 9.47 Å². The number of fused-ring (bicyclic) bond motifs is 2. The lowest BCUT2D eigenvalue weighted by Crippen LogP contribution is -2.34. The van der Waals surface area contributed by atoms with Gasteiger partial charge in [0, 0.05) is 18.6 Å². The Hall–Kier alpha value is -2.22. The van der Waals surface area contributed by atoms with Crippen LogP contribution in [0.1, 0.15) is 43.9 Å². The van der Waals surface area contributed by atoms with Gasteiger partial charge in [-0.2, -0.15) is 0 Å². The summed E-state index contributed by atoms with van der Waals surface area (Å²) in [5, 5.41) is 16.8. The molecule has 2 fully saturated rings. The second kappa shape index (κ2) is 7.23. The Kier molecular flexibility index (Phi) is 4.69. The van der Waals surface area contributed by atoms with Crippen LogP contribution >= 0.6 is 0 Å². The smallest absolute Gasteiger partial charge is 0.163 e. The van der Waals surface area contributed by atoms with Crippen LogP contribution in [-0.4, -0.2) is 45.7 Å². The lowest BCUT2D eigenvalue weighted by atomic mass is 10.1. The number of aliphatic hydroxyl groups is 1. The Morgan fingerprint density at radius 3 is 2.69 bits per heavy atom. The summed E-state index contributed by atoms with van der Waals surface area (Å²) < 4.78 is 12.1. The van der Waals surface area contributed by atoms with Crippen LogP contribution in [0.4, 0.5) is 11.6 Å². The molecule has 7 heteroatoms. The minimum absolute atomic E-state index is 0.0360. The van der Waals surface area contributed by atoms with E-state index in [9.17, 15) is 5.11 Å². The summed E-state index contributed by atoms with van der Waals surface area (Å²) in [5.74, 6) is 0.997. The second-order valence-electron chi connectivity index (χ2n) is 8.72. The molecule has 0 amide bonds. The van der Waals surface area contributed by atoms with Crippen LogP contribution in [0, 0.1) is 5.92 Å². The molecule has 7 nitrogen and oxygen atoms in total. The topological polar surface area (TPSA) is 88.5 Å². The maximum atomic E-state index is 9.75. The van der Waals surface area contributed by atoms with E-state index in [0.29, 0.717) is 0 Å². The van der Waals surface area contributed by atoms with Crippen LogP contribution in [0.25, 0.3) is 0 Å². The summed E-state index contributed by atoms with van der Waals surface area (Å²) in [6, 6.07) is 10.8. The first-order valence-electron chi connectivity index (χ1n) is 10.4. The van der Waals surface area contributed by atoms with Crippen molar-refractivity contribution in [1.29, 1.82) is 0 Å². The predicted molar refractivity (Wildman–Crippen MR) is 110 cm³/mol. The number of benzene rings is 1. The molecule has 3 N–H and O–H groups in total. The molecule has 4 unspecified atom stereocenters. The molecule has 0 bridgehead atoms. The summed E-state index contributed by atoms with van der Waals surface area (Å²) in [5.41, 5.74) is 2.76. The highest BCUT2D eigenvalue weighted by molar-refractivity contribution is 5.50. The van der Waals surface area contributed by atoms with Gasteiger partial charge in [0.05, 0.1) is 18.2 Å². The van der Waals surface area contributed by atoms with Crippen molar-refractivity contribution < 1.29 is 14.6 Å². The van der Waals surface area contributed by atoms with Crippen LogP contribution in [0.5, 0.6) is 0 Å². The van der Waals surface area contributed by atoms with Gasteiger partial charge in [-0.25, -0.2) is 9.97 Å².